The molecule has 0 heterocycles. The van der Waals surface area contributed by atoms with Crippen LogP contribution in [0.5, 0.6) is 0 Å². The van der Waals surface area contributed by atoms with E-state index in [9.17, 15) is 4.79 Å². The molecule has 1 amide bonds. The molecule has 0 aromatic rings. The third-order valence-electron chi connectivity index (χ3n) is 2.91. The molecule has 0 aliphatic heterocycles. The molecule has 0 atom stereocenters. The Hall–Kier alpha value is -0.530. The van der Waals surface area contributed by atoms with Crippen molar-refractivity contribution in [2.75, 3.05) is 7.05 Å². The molecule has 17 heavy (non-hydrogen) atoms. The van der Waals surface area contributed by atoms with E-state index < -0.39 is 0 Å². The third-order valence-corrected chi connectivity index (χ3v) is 2.91. The first kappa shape index (κ1) is 18.8. The van der Waals surface area contributed by atoms with Crippen molar-refractivity contribution in [3.8, 4) is 0 Å². The molecule has 2 nitrogen and oxygen atoms in total. The standard InChI is InChI=1S/C13H27NO.C2H6/c1-5-6-7-8-9-10-11-13(15)14(4)12(2)3;1-2/h12H,5-11H2,1-4H3;1-2H3. The van der Waals surface area contributed by atoms with Gasteiger partial charge in [-0.3, -0.25) is 4.79 Å². The van der Waals surface area contributed by atoms with Crippen LogP contribution in [0.2, 0.25) is 0 Å². The predicted molar refractivity (Wildman–Crippen MR) is 77.2 cm³/mol. The van der Waals surface area contributed by atoms with Gasteiger partial charge in [0.15, 0.2) is 0 Å². The van der Waals surface area contributed by atoms with Crippen molar-refractivity contribution in [1.82, 2.24) is 4.90 Å². The van der Waals surface area contributed by atoms with Crippen LogP contribution < -0.4 is 0 Å². The number of rotatable bonds is 8. The molecule has 0 saturated heterocycles. The van der Waals surface area contributed by atoms with E-state index in [-0.39, 0.29) is 0 Å². The lowest BCUT2D eigenvalue weighted by molar-refractivity contribution is -0.131. The molecule has 0 aliphatic rings. The Labute approximate surface area is 109 Å². The smallest absolute Gasteiger partial charge is 0.222 e. The zero-order chi connectivity index (χ0) is 13.7. The Bertz CT molecular complexity index is 166. The number of hydrogen-bond acceptors (Lipinski definition) is 1. The second-order valence-electron chi connectivity index (χ2n) is 4.62. The Balaban J connectivity index is 0. The average molecular weight is 243 g/mol. The Morgan fingerprint density at radius 2 is 1.47 bits per heavy atom. The molecule has 0 fully saturated rings. The van der Waals surface area contributed by atoms with E-state index in [4.69, 9.17) is 0 Å². The van der Waals surface area contributed by atoms with Crippen molar-refractivity contribution in [3.05, 3.63) is 0 Å². The molecule has 0 aromatic heterocycles. The van der Waals surface area contributed by atoms with Gasteiger partial charge in [0.2, 0.25) is 5.91 Å². The highest BCUT2D eigenvalue weighted by Gasteiger charge is 2.10. The largest absolute Gasteiger partial charge is 0.343 e. The van der Waals surface area contributed by atoms with Gasteiger partial charge in [-0.25, -0.2) is 0 Å². The van der Waals surface area contributed by atoms with Crippen LogP contribution in [0.15, 0.2) is 0 Å². The summed E-state index contributed by atoms with van der Waals surface area (Å²) in [6, 6.07) is 0.331. The quantitative estimate of drug-likeness (QED) is 0.569. The molecule has 0 N–H and O–H groups in total. The van der Waals surface area contributed by atoms with E-state index >= 15 is 0 Å². The lowest BCUT2D eigenvalue weighted by Crippen LogP contribution is -2.32. The predicted octanol–water partition coefficient (Wildman–Crippen LogP) is 4.63. The Morgan fingerprint density at radius 3 is 1.94 bits per heavy atom. The number of carbonyl (C=O) groups excluding carboxylic acids is 1. The van der Waals surface area contributed by atoms with Gasteiger partial charge in [0, 0.05) is 19.5 Å². The summed E-state index contributed by atoms with van der Waals surface area (Å²) in [5, 5.41) is 0. The van der Waals surface area contributed by atoms with Crippen molar-refractivity contribution >= 4 is 5.91 Å². The highest BCUT2D eigenvalue weighted by atomic mass is 16.2. The van der Waals surface area contributed by atoms with E-state index in [1.807, 2.05) is 25.8 Å². The van der Waals surface area contributed by atoms with E-state index in [0.717, 1.165) is 12.8 Å². The second kappa shape index (κ2) is 13.5. The third kappa shape index (κ3) is 11.7. The van der Waals surface area contributed by atoms with Gasteiger partial charge in [-0.1, -0.05) is 52.9 Å². The molecule has 0 unspecified atom stereocenters. The summed E-state index contributed by atoms with van der Waals surface area (Å²) in [4.78, 5) is 13.4. The number of nitrogens with zero attached hydrogens (tertiary/aromatic N) is 1. The van der Waals surface area contributed by atoms with Crippen molar-refractivity contribution in [2.24, 2.45) is 0 Å². The lowest BCUT2D eigenvalue weighted by Gasteiger charge is -2.21. The first-order chi connectivity index (χ1) is 8.09. The molecule has 0 aliphatic carbocycles. The van der Waals surface area contributed by atoms with Crippen LogP contribution in [0.1, 0.15) is 79.6 Å². The fraction of sp³-hybridized carbons (Fsp3) is 0.933. The van der Waals surface area contributed by atoms with Crippen LogP contribution in [-0.4, -0.2) is 23.9 Å². The molecule has 104 valence electrons. The van der Waals surface area contributed by atoms with Gasteiger partial charge in [0.1, 0.15) is 0 Å². The molecule has 0 saturated carbocycles. The van der Waals surface area contributed by atoms with Gasteiger partial charge < -0.3 is 4.90 Å². The van der Waals surface area contributed by atoms with Gasteiger partial charge in [-0.2, -0.15) is 0 Å². The summed E-state index contributed by atoms with van der Waals surface area (Å²) in [5.74, 6) is 0.292. The molecule has 0 spiro atoms. The number of carbonyl (C=O) groups is 1. The summed E-state index contributed by atoms with van der Waals surface area (Å²) in [5.41, 5.74) is 0. The second-order valence-corrected chi connectivity index (χ2v) is 4.62. The fourth-order valence-electron chi connectivity index (χ4n) is 1.52. The first-order valence-electron chi connectivity index (χ1n) is 7.35. The monoisotopic (exact) mass is 243 g/mol. The SMILES string of the molecule is CC.CCCCCCCCC(=O)N(C)C(C)C. The molecule has 0 aromatic carbocycles. The van der Waals surface area contributed by atoms with Crippen LogP contribution in [0, 0.1) is 0 Å². The van der Waals surface area contributed by atoms with Gasteiger partial charge >= 0.3 is 0 Å². The fourth-order valence-corrected chi connectivity index (χ4v) is 1.52. The number of unbranched alkanes of at least 4 members (excludes halogenated alkanes) is 5. The zero-order valence-corrected chi connectivity index (χ0v) is 12.9. The van der Waals surface area contributed by atoms with E-state index in [1.54, 1.807) is 0 Å². The minimum absolute atomic E-state index is 0.292. The molecule has 0 rings (SSSR count). The summed E-state index contributed by atoms with van der Waals surface area (Å²) >= 11 is 0. The van der Waals surface area contributed by atoms with Crippen molar-refractivity contribution < 1.29 is 4.79 Å². The summed E-state index contributed by atoms with van der Waals surface area (Å²) in [7, 11) is 1.89. The maximum Gasteiger partial charge on any atom is 0.222 e. The van der Waals surface area contributed by atoms with Gasteiger partial charge in [-0.15, -0.1) is 0 Å². The molecule has 0 bridgehead atoms. The Kier molecular flexibility index (Phi) is 15.0. The van der Waals surface area contributed by atoms with Gasteiger partial charge in [-0.05, 0) is 20.3 Å². The van der Waals surface area contributed by atoms with Crippen molar-refractivity contribution in [3.63, 3.8) is 0 Å². The minimum atomic E-state index is 0.292. The van der Waals surface area contributed by atoms with Crippen LogP contribution >= 0.6 is 0 Å². The van der Waals surface area contributed by atoms with Gasteiger partial charge in [0.25, 0.3) is 0 Å². The van der Waals surface area contributed by atoms with Crippen LogP contribution in [0.4, 0.5) is 0 Å². The molecular formula is C15H33NO. The summed E-state index contributed by atoms with van der Waals surface area (Å²) in [6.07, 6.45) is 8.21. The lowest BCUT2D eigenvalue weighted by atomic mass is 10.1. The van der Waals surface area contributed by atoms with Gasteiger partial charge in [0.05, 0.1) is 0 Å². The minimum Gasteiger partial charge on any atom is -0.343 e. The highest BCUT2D eigenvalue weighted by Crippen LogP contribution is 2.08. The highest BCUT2D eigenvalue weighted by molar-refractivity contribution is 5.76. The van der Waals surface area contributed by atoms with E-state index in [2.05, 4.69) is 20.8 Å². The summed E-state index contributed by atoms with van der Waals surface area (Å²) in [6.45, 7) is 10.3. The van der Waals surface area contributed by atoms with E-state index in [1.165, 1.54) is 32.1 Å². The van der Waals surface area contributed by atoms with E-state index in [0.29, 0.717) is 11.9 Å². The zero-order valence-electron chi connectivity index (χ0n) is 12.9. The van der Waals surface area contributed by atoms with Crippen molar-refractivity contribution in [1.29, 1.82) is 0 Å². The number of hydrogen-bond donors (Lipinski definition) is 0. The summed E-state index contributed by atoms with van der Waals surface area (Å²) < 4.78 is 0. The molecule has 2 heteroatoms. The normalized spacial score (nSPS) is 9.82. The average Bonchev–Trinajstić information content (AvgIpc) is 2.34. The molecule has 0 radical (unpaired) electrons. The Morgan fingerprint density at radius 1 is 1.00 bits per heavy atom. The number of amides is 1. The first-order valence-corrected chi connectivity index (χ1v) is 7.35. The van der Waals surface area contributed by atoms with Crippen molar-refractivity contribution in [2.45, 2.75) is 85.6 Å². The van der Waals surface area contributed by atoms with Crippen LogP contribution in [0.25, 0.3) is 0 Å². The maximum absolute atomic E-state index is 11.6. The van der Waals surface area contributed by atoms with Crippen LogP contribution in [0.3, 0.4) is 0 Å². The van der Waals surface area contributed by atoms with Crippen LogP contribution in [-0.2, 0) is 4.79 Å². The topological polar surface area (TPSA) is 20.3 Å². The molecular weight excluding hydrogens is 210 g/mol. The maximum atomic E-state index is 11.6.